The van der Waals surface area contributed by atoms with Crippen LogP contribution in [-0.4, -0.2) is 35.2 Å². The van der Waals surface area contributed by atoms with Gasteiger partial charge in [-0.1, -0.05) is 6.92 Å². The Balaban J connectivity index is 1.79. The summed E-state index contributed by atoms with van der Waals surface area (Å²) in [5.74, 6) is 0. The maximum atomic E-state index is 11.8. The van der Waals surface area contributed by atoms with E-state index in [2.05, 4.69) is 6.92 Å². The predicted molar refractivity (Wildman–Crippen MR) is 66.7 cm³/mol. The summed E-state index contributed by atoms with van der Waals surface area (Å²) in [7, 11) is 0. The van der Waals surface area contributed by atoms with Crippen LogP contribution in [-0.2, 0) is 4.74 Å². The van der Waals surface area contributed by atoms with Crippen molar-refractivity contribution in [3.05, 3.63) is 0 Å². The molecule has 2 fully saturated rings. The third-order valence-corrected chi connectivity index (χ3v) is 3.47. The molecule has 0 aromatic carbocycles. The number of nitrogens with zero attached hydrogens (tertiary/aromatic N) is 1. The van der Waals surface area contributed by atoms with Gasteiger partial charge in [0.2, 0.25) is 0 Å². The Morgan fingerprint density at radius 1 is 1.35 bits per heavy atom. The lowest BCUT2D eigenvalue weighted by Crippen LogP contribution is -2.59. The Morgan fingerprint density at radius 3 is 2.29 bits per heavy atom. The fourth-order valence-corrected chi connectivity index (χ4v) is 2.63. The van der Waals surface area contributed by atoms with Crippen molar-refractivity contribution in [1.29, 1.82) is 0 Å². The summed E-state index contributed by atoms with van der Waals surface area (Å²) in [5.41, 5.74) is 5.98. The molecule has 0 unspecified atom stereocenters. The van der Waals surface area contributed by atoms with Crippen LogP contribution in [0.3, 0.4) is 0 Å². The Kier molecular flexibility index (Phi) is 2.69. The normalized spacial score (nSPS) is 25.1. The first kappa shape index (κ1) is 12.7. The molecule has 1 amide bonds. The molecule has 0 radical (unpaired) electrons. The third-order valence-electron chi connectivity index (χ3n) is 3.47. The standard InChI is InChI=1S/C13H24N2O2/c1-11(2,3)17-10(16)15-8-12(4,9-15)7-13(14)5-6-13/h5-9,14H2,1-4H3. The molecule has 0 bridgehead atoms. The Morgan fingerprint density at radius 2 is 1.88 bits per heavy atom. The molecule has 4 heteroatoms. The van der Waals surface area contributed by atoms with Crippen LogP contribution in [0.2, 0.25) is 0 Å². The van der Waals surface area contributed by atoms with Crippen molar-refractivity contribution < 1.29 is 9.53 Å². The maximum absolute atomic E-state index is 11.8. The second-order valence-electron chi connectivity index (χ2n) is 7.19. The summed E-state index contributed by atoms with van der Waals surface area (Å²) in [4.78, 5) is 13.6. The number of ether oxygens (including phenoxy) is 1. The van der Waals surface area contributed by atoms with Gasteiger partial charge >= 0.3 is 6.09 Å². The van der Waals surface area contributed by atoms with Crippen LogP contribution in [0.4, 0.5) is 4.79 Å². The molecule has 1 heterocycles. The van der Waals surface area contributed by atoms with Crippen LogP contribution in [0.1, 0.15) is 47.0 Å². The van der Waals surface area contributed by atoms with Crippen LogP contribution >= 0.6 is 0 Å². The molecule has 0 spiro atoms. The summed E-state index contributed by atoms with van der Waals surface area (Å²) in [6.07, 6.45) is 3.10. The smallest absolute Gasteiger partial charge is 0.410 e. The minimum Gasteiger partial charge on any atom is -0.444 e. The summed E-state index contributed by atoms with van der Waals surface area (Å²) < 4.78 is 5.34. The van der Waals surface area contributed by atoms with E-state index < -0.39 is 5.60 Å². The highest BCUT2D eigenvalue weighted by Crippen LogP contribution is 2.46. The molecule has 1 saturated heterocycles. The highest BCUT2D eigenvalue weighted by atomic mass is 16.6. The molecule has 98 valence electrons. The van der Waals surface area contributed by atoms with Gasteiger partial charge in [0.05, 0.1) is 0 Å². The quantitative estimate of drug-likeness (QED) is 0.804. The highest BCUT2D eigenvalue weighted by molar-refractivity contribution is 5.69. The number of hydrogen-bond acceptors (Lipinski definition) is 3. The van der Waals surface area contributed by atoms with Crippen molar-refractivity contribution in [3.63, 3.8) is 0 Å². The van der Waals surface area contributed by atoms with Gasteiger partial charge in [-0.25, -0.2) is 4.79 Å². The van der Waals surface area contributed by atoms with Crippen LogP contribution in [0.5, 0.6) is 0 Å². The monoisotopic (exact) mass is 240 g/mol. The minimum absolute atomic E-state index is 0.0643. The summed E-state index contributed by atoms with van der Waals surface area (Å²) in [6.45, 7) is 9.44. The average molecular weight is 240 g/mol. The van der Waals surface area contributed by atoms with E-state index in [9.17, 15) is 4.79 Å². The largest absolute Gasteiger partial charge is 0.444 e. The van der Waals surface area contributed by atoms with Gasteiger partial charge in [0, 0.05) is 24.0 Å². The van der Waals surface area contributed by atoms with Gasteiger partial charge < -0.3 is 15.4 Å². The second-order valence-corrected chi connectivity index (χ2v) is 7.19. The molecule has 4 nitrogen and oxygen atoms in total. The van der Waals surface area contributed by atoms with E-state index in [4.69, 9.17) is 10.5 Å². The number of rotatable bonds is 2. The van der Waals surface area contributed by atoms with E-state index >= 15 is 0 Å². The first-order valence-electron chi connectivity index (χ1n) is 6.38. The molecular formula is C13H24N2O2. The number of hydrogen-bond donors (Lipinski definition) is 1. The fourth-order valence-electron chi connectivity index (χ4n) is 2.63. The summed E-state index contributed by atoms with van der Waals surface area (Å²) >= 11 is 0. The molecular weight excluding hydrogens is 216 g/mol. The van der Waals surface area contributed by atoms with E-state index in [1.807, 2.05) is 20.8 Å². The van der Waals surface area contributed by atoms with Crippen molar-refractivity contribution in [2.24, 2.45) is 11.1 Å². The van der Waals surface area contributed by atoms with E-state index in [0.29, 0.717) is 0 Å². The van der Waals surface area contributed by atoms with Gasteiger partial charge in [-0.2, -0.15) is 0 Å². The number of carbonyl (C=O) groups excluding carboxylic acids is 1. The van der Waals surface area contributed by atoms with Crippen molar-refractivity contribution >= 4 is 6.09 Å². The van der Waals surface area contributed by atoms with Crippen molar-refractivity contribution in [2.45, 2.75) is 58.1 Å². The molecule has 1 aliphatic heterocycles. The molecule has 2 aliphatic rings. The van der Waals surface area contributed by atoms with Gasteiger partial charge in [0.1, 0.15) is 5.60 Å². The number of nitrogens with two attached hydrogens (primary N) is 1. The highest BCUT2D eigenvalue weighted by Gasteiger charge is 2.50. The first-order valence-corrected chi connectivity index (χ1v) is 6.38. The Hall–Kier alpha value is -0.770. The molecule has 2 N–H and O–H groups in total. The molecule has 0 atom stereocenters. The molecule has 0 aromatic rings. The number of likely N-dealkylation sites (tertiary alicyclic amines) is 1. The molecule has 17 heavy (non-hydrogen) atoms. The van der Waals surface area contributed by atoms with Gasteiger partial charge in [-0.05, 0) is 40.0 Å². The van der Waals surface area contributed by atoms with E-state index in [-0.39, 0.29) is 17.0 Å². The lowest BCUT2D eigenvalue weighted by molar-refractivity contribution is -0.0336. The lowest BCUT2D eigenvalue weighted by atomic mass is 9.76. The van der Waals surface area contributed by atoms with Gasteiger partial charge in [-0.3, -0.25) is 0 Å². The molecule has 1 aliphatic carbocycles. The zero-order valence-electron chi connectivity index (χ0n) is 11.4. The summed E-state index contributed by atoms with van der Waals surface area (Å²) in [6, 6.07) is 0. The zero-order valence-corrected chi connectivity index (χ0v) is 11.4. The molecule has 2 rings (SSSR count). The van der Waals surface area contributed by atoms with Crippen LogP contribution in [0, 0.1) is 5.41 Å². The minimum atomic E-state index is -0.408. The van der Waals surface area contributed by atoms with Crippen molar-refractivity contribution in [1.82, 2.24) is 4.90 Å². The summed E-state index contributed by atoms with van der Waals surface area (Å²) in [5, 5.41) is 0. The first-order chi connectivity index (χ1) is 7.61. The number of carbonyl (C=O) groups is 1. The van der Waals surface area contributed by atoms with Gasteiger partial charge in [-0.15, -0.1) is 0 Å². The molecule has 0 aromatic heterocycles. The van der Waals surface area contributed by atoms with Crippen molar-refractivity contribution in [2.75, 3.05) is 13.1 Å². The Bertz CT molecular complexity index is 323. The average Bonchev–Trinajstić information content (AvgIpc) is 2.75. The lowest BCUT2D eigenvalue weighted by Gasteiger charge is -2.49. The SMILES string of the molecule is CC1(CC2(N)CC2)CN(C(=O)OC(C)(C)C)C1. The van der Waals surface area contributed by atoms with Crippen molar-refractivity contribution in [3.8, 4) is 0 Å². The third kappa shape index (κ3) is 3.12. The predicted octanol–water partition coefficient (Wildman–Crippen LogP) is 2.12. The topological polar surface area (TPSA) is 55.6 Å². The van der Waals surface area contributed by atoms with E-state index in [1.165, 1.54) is 0 Å². The fraction of sp³-hybridized carbons (Fsp3) is 0.923. The maximum Gasteiger partial charge on any atom is 0.410 e. The van der Waals surface area contributed by atoms with E-state index in [1.54, 1.807) is 4.90 Å². The van der Waals surface area contributed by atoms with E-state index in [0.717, 1.165) is 32.4 Å². The van der Waals surface area contributed by atoms with Crippen LogP contribution < -0.4 is 5.73 Å². The number of amides is 1. The van der Waals surface area contributed by atoms with Gasteiger partial charge in [0.25, 0.3) is 0 Å². The second kappa shape index (κ2) is 3.61. The van der Waals surface area contributed by atoms with Crippen LogP contribution in [0.25, 0.3) is 0 Å². The van der Waals surface area contributed by atoms with Gasteiger partial charge in [0.15, 0.2) is 0 Å². The molecule has 1 saturated carbocycles. The Labute approximate surface area is 103 Å². The zero-order chi connectivity index (χ0) is 12.9. The van der Waals surface area contributed by atoms with Crippen LogP contribution in [0.15, 0.2) is 0 Å².